The number of aliphatic carboxylic acids is 1. The molecule has 1 aromatic heterocycles. The summed E-state index contributed by atoms with van der Waals surface area (Å²) in [6.45, 7) is 1.89. The van der Waals surface area contributed by atoms with Crippen molar-refractivity contribution in [1.82, 2.24) is 4.98 Å². The second kappa shape index (κ2) is 6.10. The molecule has 0 aliphatic heterocycles. The van der Waals surface area contributed by atoms with E-state index < -0.39 is 23.8 Å². The van der Waals surface area contributed by atoms with Crippen LogP contribution in [0.25, 0.3) is 0 Å². The Morgan fingerprint density at radius 2 is 2.12 bits per heavy atom. The van der Waals surface area contributed by atoms with Gasteiger partial charge in [-0.3, -0.25) is 9.78 Å². The zero-order chi connectivity index (χ0) is 12.8. The smallest absolute Gasteiger partial charge is 0.340 e. The molecular formula is C12H15NO4. The first-order valence-corrected chi connectivity index (χ1v) is 5.43. The topological polar surface area (TPSA) is 87.5 Å². The Morgan fingerprint density at radius 3 is 2.59 bits per heavy atom. The van der Waals surface area contributed by atoms with E-state index in [0.717, 1.165) is 0 Å². The maximum absolute atomic E-state index is 11.8. The van der Waals surface area contributed by atoms with Gasteiger partial charge in [-0.1, -0.05) is 19.4 Å². The highest BCUT2D eigenvalue weighted by atomic mass is 16.4. The van der Waals surface area contributed by atoms with E-state index in [9.17, 15) is 14.7 Å². The molecule has 17 heavy (non-hydrogen) atoms. The van der Waals surface area contributed by atoms with E-state index in [1.807, 2.05) is 6.92 Å². The van der Waals surface area contributed by atoms with Gasteiger partial charge in [-0.25, -0.2) is 4.79 Å². The Bertz CT molecular complexity index is 391. The van der Waals surface area contributed by atoms with Gasteiger partial charge in [-0.15, -0.1) is 0 Å². The number of carboxylic acid groups (broad SMARTS) is 1. The minimum atomic E-state index is -1.98. The van der Waals surface area contributed by atoms with Crippen LogP contribution in [0.4, 0.5) is 0 Å². The quantitative estimate of drug-likeness (QED) is 0.720. The van der Waals surface area contributed by atoms with Crippen LogP contribution in [0.15, 0.2) is 24.4 Å². The molecule has 1 rings (SSSR count). The summed E-state index contributed by atoms with van der Waals surface area (Å²) < 4.78 is 0. The predicted octanol–water partition coefficient (Wildman–Crippen LogP) is 0.980. The maximum Gasteiger partial charge on any atom is 0.340 e. The summed E-state index contributed by atoms with van der Waals surface area (Å²) in [5.74, 6) is -2.89. The zero-order valence-corrected chi connectivity index (χ0v) is 9.54. The lowest BCUT2D eigenvalue weighted by atomic mass is 9.91. The Hall–Kier alpha value is -1.75. The highest BCUT2D eigenvalue weighted by Gasteiger charge is 2.31. The van der Waals surface area contributed by atoms with Crippen LogP contribution in [0, 0.1) is 0 Å². The van der Waals surface area contributed by atoms with E-state index in [1.54, 1.807) is 24.4 Å². The molecule has 0 radical (unpaired) electrons. The summed E-state index contributed by atoms with van der Waals surface area (Å²) in [7, 11) is 0. The van der Waals surface area contributed by atoms with Crippen LogP contribution in [-0.4, -0.2) is 33.1 Å². The zero-order valence-electron chi connectivity index (χ0n) is 9.54. The summed E-state index contributed by atoms with van der Waals surface area (Å²) in [6, 6.07) is 5.10. The van der Waals surface area contributed by atoms with Crippen molar-refractivity contribution in [3.05, 3.63) is 30.1 Å². The van der Waals surface area contributed by atoms with Gasteiger partial charge in [0, 0.05) is 6.20 Å². The van der Waals surface area contributed by atoms with Crippen molar-refractivity contribution in [3.63, 3.8) is 0 Å². The largest absolute Gasteiger partial charge is 0.479 e. The van der Waals surface area contributed by atoms with E-state index in [1.165, 1.54) is 0 Å². The first-order chi connectivity index (χ1) is 8.07. The number of carboxylic acids is 1. The average molecular weight is 237 g/mol. The third kappa shape index (κ3) is 3.35. The summed E-state index contributed by atoms with van der Waals surface area (Å²) in [5.41, 5.74) is 0.500. The second-order valence-electron chi connectivity index (χ2n) is 3.74. The van der Waals surface area contributed by atoms with Gasteiger partial charge in [0.2, 0.25) is 6.10 Å². The molecule has 2 N–H and O–H groups in total. The number of carbonyl (C=O) groups is 2. The second-order valence-corrected chi connectivity index (χ2v) is 3.74. The minimum Gasteiger partial charge on any atom is -0.479 e. The van der Waals surface area contributed by atoms with Crippen molar-refractivity contribution in [2.75, 3.05) is 0 Å². The van der Waals surface area contributed by atoms with Gasteiger partial charge in [0.05, 0.1) is 11.6 Å². The van der Waals surface area contributed by atoms with Crippen LogP contribution >= 0.6 is 0 Å². The van der Waals surface area contributed by atoms with E-state index in [-0.39, 0.29) is 0 Å². The molecule has 0 saturated heterocycles. The minimum absolute atomic E-state index is 0.472. The molecule has 1 heterocycles. The lowest BCUT2D eigenvalue weighted by Gasteiger charge is -2.15. The number of aromatic nitrogens is 1. The molecule has 5 nitrogen and oxygen atoms in total. The number of carbonyl (C=O) groups excluding carboxylic acids is 1. The van der Waals surface area contributed by atoms with Gasteiger partial charge in [-0.05, 0) is 18.6 Å². The highest BCUT2D eigenvalue weighted by Crippen LogP contribution is 2.21. The number of pyridine rings is 1. The monoisotopic (exact) mass is 237 g/mol. The fourth-order valence-corrected chi connectivity index (χ4v) is 1.62. The standard InChI is InChI=1S/C12H15NO4/c1-2-5-8(9-6-3-4-7-13-9)10(14)11(15)12(16)17/h3-4,6-8,11,15H,2,5H2,1H3,(H,16,17). The van der Waals surface area contributed by atoms with Gasteiger partial charge >= 0.3 is 5.97 Å². The van der Waals surface area contributed by atoms with Crippen LogP contribution in [0.1, 0.15) is 31.4 Å². The maximum atomic E-state index is 11.8. The molecule has 0 saturated carbocycles. The fraction of sp³-hybridized carbons (Fsp3) is 0.417. The molecule has 0 amide bonds. The van der Waals surface area contributed by atoms with Crippen molar-refractivity contribution in [2.24, 2.45) is 0 Å². The van der Waals surface area contributed by atoms with Gasteiger partial charge in [0.15, 0.2) is 5.78 Å². The molecule has 1 aromatic rings. The Balaban J connectivity index is 2.94. The lowest BCUT2D eigenvalue weighted by molar-refractivity contribution is -0.152. The van der Waals surface area contributed by atoms with Crippen molar-refractivity contribution in [1.29, 1.82) is 0 Å². The molecule has 2 atom stereocenters. The number of nitrogens with zero attached hydrogens (tertiary/aromatic N) is 1. The number of Topliss-reactive ketones (excluding diaryl/α,β-unsaturated/α-hetero) is 1. The van der Waals surface area contributed by atoms with Crippen molar-refractivity contribution < 1.29 is 19.8 Å². The molecule has 5 heteroatoms. The number of hydrogen-bond acceptors (Lipinski definition) is 4. The molecule has 0 aromatic carbocycles. The fourth-order valence-electron chi connectivity index (χ4n) is 1.62. The van der Waals surface area contributed by atoms with Crippen molar-refractivity contribution >= 4 is 11.8 Å². The number of aliphatic hydroxyl groups excluding tert-OH is 1. The van der Waals surface area contributed by atoms with E-state index >= 15 is 0 Å². The summed E-state index contributed by atoms with van der Waals surface area (Å²) >= 11 is 0. The number of ketones is 1. The van der Waals surface area contributed by atoms with Gasteiger partial charge < -0.3 is 10.2 Å². The lowest BCUT2D eigenvalue weighted by Crippen LogP contribution is -2.34. The van der Waals surface area contributed by atoms with E-state index in [4.69, 9.17) is 5.11 Å². The first-order valence-electron chi connectivity index (χ1n) is 5.43. The van der Waals surface area contributed by atoms with E-state index in [2.05, 4.69) is 4.98 Å². The summed E-state index contributed by atoms with van der Waals surface area (Å²) in [6.07, 6.45) is 0.742. The van der Waals surface area contributed by atoms with Gasteiger partial charge in [0.25, 0.3) is 0 Å². The first kappa shape index (κ1) is 13.3. The highest BCUT2D eigenvalue weighted by molar-refractivity contribution is 6.03. The molecule has 0 spiro atoms. The number of rotatable bonds is 6. The Kier molecular flexibility index (Phi) is 4.78. The van der Waals surface area contributed by atoms with Crippen LogP contribution in [-0.2, 0) is 9.59 Å². The number of aliphatic hydroxyl groups is 1. The van der Waals surface area contributed by atoms with Crippen LogP contribution < -0.4 is 0 Å². The summed E-state index contributed by atoms with van der Waals surface area (Å²) in [5, 5.41) is 17.9. The Labute approximate surface area is 99.1 Å². The van der Waals surface area contributed by atoms with Gasteiger partial charge in [-0.2, -0.15) is 0 Å². The summed E-state index contributed by atoms with van der Waals surface area (Å²) in [4.78, 5) is 26.4. The molecule has 0 aliphatic rings. The molecular weight excluding hydrogens is 222 g/mol. The Morgan fingerprint density at radius 1 is 1.41 bits per heavy atom. The number of hydrogen-bond donors (Lipinski definition) is 2. The molecule has 2 unspecified atom stereocenters. The molecule has 0 fully saturated rings. The average Bonchev–Trinajstić information content (AvgIpc) is 2.35. The van der Waals surface area contributed by atoms with Crippen LogP contribution in [0.3, 0.4) is 0 Å². The van der Waals surface area contributed by atoms with E-state index in [0.29, 0.717) is 18.5 Å². The predicted molar refractivity (Wildman–Crippen MR) is 60.5 cm³/mol. The normalized spacial score (nSPS) is 14.0. The van der Waals surface area contributed by atoms with Gasteiger partial charge in [0.1, 0.15) is 0 Å². The third-order valence-electron chi connectivity index (χ3n) is 2.47. The molecule has 92 valence electrons. The van der Waals surface area contributed by atoms with Crippen LogP contribution in [0.5, 0.6) is 0 Å². The molecule has 0 bridgehead atoms. The van der Waals surface area contributed by atoms with Crippen molar-refractivity contribution in [3.8, 4) is 0 Å². The van der Waals surface area contributed by atoms with Crippen LogP contribution in [0.2, 0.25) is 0 Å². The van der Waals surface area contributed by atoms with Crippen molar-refractivity contribution in [2.45, 2.75) is 31.8 Å². The SMILES string of the molecule is CCCC(C(=O)C(O)C(=O)O)c1ccccn1. The molecule has 0 aliphatic carbocycles. The third-order valence-corrected chi connectivity index (χ3v) is 2.47.